The van der Waals surface area contributed by atoms with Crippen LogP contribution >= 0.6 is 11.3 Å². The minimum absolute atomic E-state index is 0.107. The summed E-state index contributed by atoms with van der Waals surface area (Å²) in [6, 6.07) is 5.21. The van der Waals surface area contributed by atoms with Crippen LogP contribution in [-0.2, 0) is 6.61 Å². The molecule has 0 aliphatic carbocycles. The van der Waals surface area contributed by atoms with Crippen molar-refractivity contribution in [1.82, 2.24) is 20.5 Å². The van der Waals surface area contributed by atoms with Gasteiger partial charge in [0.05, 0.1) is 18.3 Å². The Kier molecular flexibility index (Phi) is 6.82. The number of hydrogen-bond acceptors (Lipinski definition) is 7. The Morgan fingerprint density at radius 2 is 2.19 bits per heavy atom. The van der Waals surface area contributed by atoms with Crippen LogP contribution in [-0.4, -0.2) is 62.2 Å². The summed E-state index contributed by atoms with van der Waals surface area (Å²) in [5.74, 6) is 1.03. The molecule has 0 radical (unpaired) electrons. The predicted octanol–water partition coefficient (Wildman–Crippen LogP) is 1.37. The Balaban J connectivity index is 1.52. The van der Waals surface area contributed by atoms with Gasteiger partial charge in [-0.05, 0) is 18.2 Å². The second kappa shape index (κ2) is 9.51. The standard InChI is InChI=1S/C18H24N4O3S/c1-24-17-10-14(2-3-16(17)25-11-15-12-26-13-21-15)18(23)20-6-9-22-7-4-19-5-8-22/h2-3,10,12-13,19H,4-9,11H2,1H3,(H,20,23). The van der Waals surface area contributed by atoms with Crippen molar-refractivity contribution in [1.29, 1.82) is 0 Å². The van der Waals surface area contributed by atoms with Gasteiger partial charge in [-0.2, -0.15) is 0 Å². The third kappa shape index (κ3) is 5.17. The van der Waals surface area contributed by atoms with Crippen LogP contribution in [0.2, 0.25) is 0 Å². The first-order chi connectivity index (χ1) is 12.8. The SMILES string of the molecule is COc1cc(C(=O)NCCN2CCNCC2)ccc1OCc1cscn1. The molecule has 0 bridgehead atoms. The lowest BCUT2D eigenvalue weighted by molar-refractivity contribution is 0.0947. The summed E-state index contributed by atoms with van der Waals surface area (Å²) in [6.45, 7) is 5.92. The lowest BCUT2D eigenvalue weighted by Gasteiger charge is -2.27. The molecule has 140 valence electrons. The van der Waals surface area contributed by atoms with Gasteiger partial charge in [0.1, 0.15) is 6.61 Å². The smallest absolute Gasteiger partial charge is 0.251 e. The Hall–Kier alpha value is -2.16. The van der Waals surface area contributed by atoms with Gasteiger partial charge in [-0.15, -0.1) is 11.3 Å². The highest BCUT2D eigenvalue weighted by atomic mass is 32.1. The minimum Gasteiger partial charge on any atom is -0.493 e. The number of methoxy groups -OCH3 is 1. The molecule has 0 saturated carbocycles. The van der Waals surface area contributed by atoms with E-state index in [9.17, 15) is 4.79 Å². The van der Waals surface area contributed by atoms with Crippen LogP contribution < -0.4 is 20.1 Å². The average Bonchev–Trinajstić information content (AvgIpc) is 3.20. The van der Waals surface area contributed by atoms with Gasteiger partial charge in [0.2, 0.25) is 0 Å². The quantitative estimate of drug-likeness (QED) is 0.725. The summed E-state index contributed by atoms with van der Waals surface area (Å²) in [7, 11) is 1.57. The number of carbonyl (C=O) groups is 1. The minimum atomic E-state index is -0.107. The van der Waals surface area contributed by atoms with Crippen molar-refractivity contribution >= 4 is 17.2 Å². The van der Waals surface area contributed by atoms with E-state index in [4.69, 9.17) is 9.47 Å². The lowest BCUT2D eigenvalue weighted by Crippen LogP contribution is -2.46. The van der Waals surface area contributed by atoms with Crippen LogP contribution in [0.15, 0.2) is 29.1 Å². The molecule has 1 amide bonds. The van der Waals surface area contributed by atoms with Crippen molar-refractivity contribution in [3.05, 3.63) is 40.3 Å². The number of amides is 1. The normalized spacial score (nSPS) is 14.8. The molecule has 2 N–H and O–H groups in total. The predicted molar refractivity (Wildman–Crippen MR) is 101 cm³/mol. The van der Waals surface area contributed by atoms with Crippen LogP contribution in [0.4, 0.5) is 0 Å². The van der Waals surface area contributed by atoms with Gasteiger partial charge in [-0.3, -0.25) is 9.69 Å². The van der Waals surface area contributed by atoms with Gasteiger partial charge in [0, 0.05) is 50.2 Å². The van der Waals surface area contributed by atoms with Crippen LogP contribution in [0.5, 0.6) is 11.5 Å². The maximum Gasteiger partial charge on any atom is 0.251 e. The van der Waals surface area contributed by atoms with E-state index in [0.29, 0.717) is 30.2 Å². The number of nitrogens with one attached hydrogen (secondary N) is 2. The fraction of sp³-hybridized carbons (Fsp3) is 0.444. The second-order valence-corrected chi connectivity index (χ2v) is 6.70. The van der Waals surface area contributed by atoms with Gasteiger partial charge in [-0.25, -0.2) is 4.98 Å². The molecular formula is C18H24N4O3S. The molecule has 1 fully saturated rings. The number of benzene rings is 1. The first-order valence-electron chi connectivity index (χ1n) is 8.65. The zero-order valence-corrected chi connectivity index (χ0v) is 15.7. The molecule has 1 saturated heterocycles. The number of nitrogens with zero attached hydrogens (tertiary/aromatic N) is 2. The summed E-state index contributed by atoms with van der Waals surface area (Å²) in [4.78, 5) is 18.9. The molecule has 2 heterocycles. The topological polar surface area (TPSA) is 75.7 Å². The molecule has 1 aromatic heterocycles. The van der Waals surface area contributed by atoms with Crippen molar-refractivity contribution in [2.24, 2.45) is 0 Å². The van der Waals surface area contributed by atoms with Crippen molar-refractivity contribution in [3.8, 4) is 11.5 Å². The zero-order valence-electron chi connectivity index (χ0n) is 14.9. The van der Waals surface area contributed by atoms with Gasteiger partial charge in [0.25, 0.3) is 5.91 Å². The molecule has 3 rings (SSSR count). The van der Waals surface area contributed by atoms with E-state index < -0.39 is 0 Å². The summed E-state index contributed by atoms with van der Waals surface area (Å²) in [5.41, 5.74) is 3.19. The molecule has 1 aliphatic rings. The van der Waals surface area contributed by atoms with Crippen LogP contribution in [0.25, 0.3) is 0 Å². The molecule has 0 spiro atoms. The maximum atomic E-state index is 12.4. The van der Waals surface area contributed by atoms with E-state index in [2.05, 4.69) is 20.5 Å². The zero-order chi connectivity index (χ0) is 18.2. The molecule has 7 nitrogen and oxygen atoms in total. The number of hydrogen-bond donors (Lipinski definition) is 2. The molecule has 1 aliphatic heterocycles. The maximum absolute atomic E-state index is 12.4. The fourth-order valence-electron chi connectivity index (χ4n) is 2.75. The highest BCUT2D eigenvalue weighted by Gasteiger charge is 2.13. The number of ether oxygens (including phenoxy) is 2. The number of piperazine rings is 1. The molecule has 0 unspecified atom stereocenters. The van der Waals surface area contributed by atoms with Crippen molar-refractivity contribution in [2.45, 2.75) is 6.61 Å². The second-order valence-electron chi connectivity index (χ2n) is 5.98. The van der Waals surface area contributed by atoms with Gasteiger partial charge in [-0.1, -0.05) is 0 Å². The monoisotopic (exact) mass is 376 g/mol. The highest BCUT2D eigenvalue weighted by Crippen LogP contribution is 2.28. The summed E-state index contributed by atoms with van der Waals surface area (Å²) in [5, 5.41) is 8.22. The Bertz CT molecular complexity index is 702. The van der Waals surface area contributed by atoms with Crippen LogP contribution in [0.1, 0.15) is 16.1 Å². The summed E-state index contributed by atoms with van der Waals surface area (Å²) in [6.07, 6.45) is 0. The van der Waals surface area contributed by atoms with E-state index in [1.807, 2.05) is 5.38 Å². The van der Waals surface area contributed by atoms with Crippen molar-refractivity contribution in [2.75, 3.05) is 46.4 Å². The van der Waals surface area contributed by atoms with Crippen molar-refractivity contribution in [3.63, 3.8) is 0 Å². The first kappa shape index (κ1) is 18.6. The molecule has 8 heteroatoms. The third-order valence-corrected chi connectivity index (χ3v) is 4.84. The number of thiazole rings is 1. The molecule has 1 aromatic carbocycles. The third-order valence-electron chi connectivity index (χ3n) is 4.21. The van der Waals surface area contributed by atoms with E-state index >= 15 is 0 Å². The summed E-state index contributed by atoms with van der Waals surface area (Å²) >= 11 is 1.53. The van der Waals surface area contributed by atoms with E-state index in [0.717, 1.165) is 38.4 Å². The van der Waals surface area contributed by atoms with Gasteiger partial charge >= 0.3 is 0 Å². The van der Waals surface area contributed by atoms with Crippen LogP contribution in [0, 0.1) is 0 Å². The molecule has 26 heavy (non-hydrogen) atoms. The van der Waals surface area contributed by atoms with Gasteiger partial charge in [0.15, 0.2) is 11.5 Å². The molecular weight excluding hydrogens is 352 g/mol. The van der Waals surface area contributed by atoms with E-state index in [1.165, 1.54) is 11.3 Å². The first-order valence-corrected chi connectivity index (χ1v) is 9.59. The fourth-order valence-corrected chi connectivity index (χ4v) is 3.30. The number of aromatic nitrogens is 1. The van der Waals surface area contributed by atoms with E-state index in [-0.39, 0.29) is 5.91 Å². The number of rotatable bonds is 8. The lowest BCUT2D eigenvalue weighted by atomic mass is 10.2. The molecule has 0 atom stereocenters. The van der Waals surface area contributed by atoms with E-state index in [1.54, 1.807) is 30.8 Å². The Morgan fingerprint density at radius 1 is 1.35 bits per heavy atom. The Morgan fingerprint density at radius 3 is 2.92 bits per heavy atom. The molecule has 2 aromatic rings. The average molecular weight is 376 g/mol. The van der Waals surface area contributed by atoms with Crippen LogP contribution in [0.3, 0.4) is 0 Å². The number of carbonyl (C=O) groups excluding carboxylic acids is 1. The van der Waals surface area contributed by atoms with Crippen molar-refractivity contribution < 1.29 is 14.3 Å². The largest absolute Gasteiger partial charge is 0.493 e. The highest BCUT2D eigenvalue weighted by molar-refractivity contribution is 7.07. The van der Waals surface area contributed by atoms with Gasteiger partial charge < -0.3 is 20.1 Å². The Labute approximate surface area is 157 Å². The summed E-state index contributed by atoms with van der Waals surface area (Å²) < 4.78 is 11.1.